The van der Waals surface area contributed by atoms with Crippen LogP contribution in [0.2, 0.25) is 0 Å². The van der Waals surface area contributed by atoms with E-state index in [4.69, 9.17) is 4.74 Å². The number of rotatable bonds is 3. The summed E-state index contributed by atoms with van der Waals surface area (Å²) in [4.78, 5) is 20.8. The molecule has 6 nitrogen and oxygen atoms in total. The summed E-state index contributed by atoms with van der Waals surface area (Å²) in [5.74, 6) is 1.32. The van der Waals surface area contributed by atoms with Crippen molar-refractivity contribution in [2.45, 2.75) is 38.9 Å². The Labute approximate surface area is 112 Å². The first-order valence-electron chi connectivity index (χ1n) is 6.57. The molecule has 6 heteroatoms. The normalized spacial score (nSPS) is 22.5. The number of hydrogen-bond donors (Lipinski definition) is 2. The number of ether oxygens (including phenoxy) is 1. The molecule has 1 aromatic rings. The number of aryl methyl sites for hydroxylation is 1. The average molecular weight is 267 g/mol. The molecule has 1 saturated heterocycles. The molecule has 1 aliphatic rings. The van der Waals surface area contributed by atoms with Crippen LogP contribution in [-0.2, 0) is 11.2 Å². The summed E-state index contributed by atoms with van der Waals surface area (Å²) < 4.78 is 5.76. The van der Waals surface area contributed by atoms with Gasteiger partial charge in [-0.3, -0.25) is 4.79 Å². The lowest BCUT2D eigenvalue weighted by atomic mass is 10.1. The van der Waals surface area contributed by atoms with E-state index in [9.17, 15) is 9.90 Å². The van der Waals surface area contributed by atoms with Crippen molar-refractivity contribution >= 4 is 5.82 Å². The lowest BCUT2D eigenvalue weighted by Gasteiger charge is -2.42. The monoisotopic (exact) mass is 267 g/mol. The van der Waals surface area contributed by atoms with Crippen LogP contribution in [0.5, 0.6) is 0 Å². The van der Waals surface area contributed by atoms with Gasteiger partial charge in [-0.15, -0.1) is 0 Å². The van der Waals surface area contributed by atoms with Crippen LogP contribution in [-0.4, -0.2) is 46.5 Å². The molecule has 1 fully saturated rings. The van der Waals surface area contributed by atoms with E-state index in [2.05, 4.69) is 9.97 Å². The fourth-order valence-electron chi connectivity index (χ4n) is 2.39. The molecule has 1 unspecified atom stereocenters. The third kappa shape index (κ3) is 3.33. The van der Waals surface area contributed by atoms with Gasteiger partial charge in [0.05, 0.1) is 18.3 Å². The van der Waals surface area contributed by atoms with Gasteiger partial charge < -0.3 is 19.7 Å². The van der Waals surface area contributed by atoms with Gasteiger partial charge in [0.2, 0.25) is 0 Å². The zero-order valence-corrected chi connectivity index (χ0v) is 11.6. The molecule has 19 heavy (non-hydrogen) atoms. The number of hydrogen-bond acceptors (Lipinski definition) is 5. The van der Waals surface area contributed by atoms with Crippen LogP contribution in [0.25, 0.3) is 0 Å². The predicted octanol–water partition coefficient (Wildman–Crippen LogP) is 0.308. The van der Waals surface area contributed by atoms with E-state index in [1.807, 2.05) is 25.7 Å². The summed E-state index contributed by atoms with van der Waals surface area (Å²) in [5, 5.41) is 9.30. The molecule has 106 valence electrons. The van der Waals surface area contributed by atoms with Gasteiger partial charge in [0.1, 0.15) is 11.6 Å². The van der Waals surface area contributed by atoms with Gasteiger partial charge in [0.15, 0.2) is 0 Å². The Morgan fingerprint density at radius 2 is 2.37 bits per heavy atom. The summed E-state index contributed by atoms with van der Waals surface area (Å²) >= 11 is 0. The van der Waals surface area contributed by atoms with Crippen molar-refractivity contribution in [1.82, 2.24) is 9.97 Å². The standard InChI is InChI=1S/C13H21N3O3/c1-4-10-14-11(5-12(18)15-10)16-6-9(7-17)19-13(2,3)8-16/h5,9,17H,4,6-8H2,1-3H3,(H,14,15,18). The fraction of sp³-hybridized carbons (Fsp3) is 0.692. The summed E-state index contributed by atoms with van der Waals surface area (Å²) in [6, 6.07) is 1.50. The minimum absolute atomic E-state index is 0.0379. The van der Waals surface area contributed by atoms with Crippen LogP contribution in [0.15, 0.2) is 10.9 Å². The van der Waals surface area contributed by atoms with E-state index in [1.54, 1.807) is 0 Å². The number of aliphatic hydroxyl groups excluding tert-OH is 1. The molecule has 0 bridgehead atoms. The molecule has 1 aromatic heterocycles. The van der Waals surface area contributed by atoms with E-state index in [0.717, 1.165) is 0 Å². The lowest BCUT2D eigenvalue weighted by Crippen LogP contribution is -2.54. The minimum Gasteiger partial charge on any atom is -0.394 e. The lowest BCUT2D eigenvalue weighted by molar-refractivity contribution is -0.101. The van der Waals surface area contributed by atoms with E-state index >= 15 is 0 Å². The highest BCUT2D eigenvalue weighted by atomic mass is 16.5. The van der Waals surface area contributed by atoms with E-state index in [1.165, 1.54) is 6.07 Å². The molecule has 2 heterocycles. The Morgan fingerprint density at radius 3 is 3.00 bits per heavy atom. The second-order valence-electron chi connectivity index (χ2n) is 5.47. The topological polar surface area (TPSA) is 78.5 Å². The fourth-order valence-corrected chi connectivity index (χ4v) is 2.39. The number of aliphatic hydroxyl groups is 1. The highest BCUT2D eigenvalue weighted by molar-refractivity contribution is 5.39. The van der Waals surface area contributed by atoms with Crippen LogP contribution in [0.3, 0.4) is 0 Å². The molecular weight excluding hydrogens is 246 g/mol. The minimum atomic E-state index is -0.373. The van der Waals surface area contributed by atoms with Gasteiger partial charge in [-0.1, -0.05) is 6.92 Å². The van der Waals surface area contributed by atoms with E-state index in [-0.39, 0.29) is 23.9 Å². The number of anilines is 1. The maximum absolute atomic E-state index is 11.6. The number of morpholine rings is 1. The Balaban J connectivity index is 2.29. The van der Waals surface area contributed by atoms with Crippen LogP contribution in [0.4, 0.5) is 5.82 Å². The maximum atomic E-state index is 11.6. The summed E-state index contributed by atoms with van der Waals surface area (Å²) in [5.41, 5.74) is -0.519. The van der Waals surface area contributed by atoms with Crippen molar-refractivity contribution < 1.29 is 9.84 Å². The molecule has 1 atom stereocenters. The van der Waals surface area contributed by atoms with Crippen molar-refractivity contribution in [3.8, 4) is 0 Å². The first kappa shape index (κ1) is 14.0. The van der Waals surface area contributed by atoms with Gasteiger partial charge in [-0.05, 0) is 13.8 Å². The average Bonchev–Trinajstić information content (AvgIpc) is 2.36. The quantitative estimate of drug-likeness (QED) is 0.824. The van der Waals surface area contributed by atoms with Gasteiger partial charge >= 0.3 is 0 Å². The first-order valence-corrected chi connectivity index (χ1v) is 6.57. The SMILES string of the molecule is CCc1nc(N2CC(CO)OC(C)(C)C2)cc(=O)[nH]1. The molecule has 1 aliphatic heterocycles. The molecule has 0 saturated carbocycles. The third-order valence-corrected chi connectivity index (χ3v) is 3.12. The van der Waals surface area contributed by atoms with Crippen molar-refractivity contribution in [2.24, 2.45) is 0 Å². The van der Waals surface area contributed by atoms with Crippen molar-refractivity contribution in [2.75, 3.05) is 24.6 Å². The van der Waals surface area contributed by atoms with Crippen LogP contribution in [0, 0.1) is 0 Å². The Hall–Kier alpha value is -1.40. The summed E-state index contributed by atoms with van der Waals surface area (Å²) in [6.45, 7) is 7.03. The number of aromatic amines is 1. The molecule has 0 aromatic carbocycles. The Kier molecular flexibility index (Phi) is 3.91. The zero-order chi connectivity index (χ0) is 14.0. The Morgan fingerprint density at radius 1 is 1.63 bits per heavy atom. The van der Waals surface area contributed by atoms with Crippen LogP contribution in [0.1, 0.15) is 26.6 Å². The Bertz CT molecular complexity index is 498. The molecule has 2 rings (SSSR count). The van der Waals surface area contributed by atoms with E-state index < -0.39 is 0 Å². The van der Waals surface area contributed by atoms with Crippen LogP contribution >= 0.6 is 0 Å². The van der Waals surface area contributed by atoms with Gasteiger partial charge in [0, 0.05) is 25.6 Å². The molecule has 2 N–H and O–H groups in total. The third-order valence-electron chi connectivity index (χ3n) is 3.12. The van der Waals surface area contributed by atoms with Crippen molar-refractivity contribution in [1.29, 1.82) is 0 Å². The largest absolute Gasteiger partial charge is 0.394 e. The van der Waals surface area contributed by atoms with Crippen molar-refractivity contribution in [3.63, 3.8) is 0 Å². The van der Waals surface area contributed by atoms with Crippen molar-refractivity contribution in [3.05, 3.63) is 22.2 Å². The van der Waals surface area contributed by atoms with Gasteiger partial charge in [-0.25, -0.2) is 4.98 Å². The maximum Gasteiger partial charge on any atom is 0.252 e. The molecule has 0 aliphatic carbocycles. The first-order chi connectivity index (χ1) is 8.93. The number of nitrogens with one attached hydrogen (secondary N) is 1. The smallest absolute Gasteiger partial charge is 0.252 e. The number of nitrogens with zero attached hydrogens (tertiary/aromatic N) is 2. The zero-order valence-electron chi connectivity index (χ0n) is 11.6. The molecule has 0 amide bonds. The van der Waals surface area contributed by atoms with Gasteiger partial charge in [0.25, 0.3) is 5.56 Å². The molecular formula is C13H21N3O3. The highest BCUT2D eigenvalue weighted by Crippen LogP contribution is 2.24. The second kappa shape index (κ2) is 5.30. The second-order valence-corrected chi connectivity index (χ2v) is 5.47. The van der Waals surface area contributed by atoms with Gasteiger partial charge in [-0.2, -0.15) is 0 Å². The number of H-pyrrole nitrogens is 1. The summed E-state index contributed by atoms with van der Waals surface area (Å²) in [7, 11) is 0. The van der Waals surface area contributed by atoms with E-state index in [0.29, 0.717) is 31.2 Å². The van der Waals surface area contributed by atoms with Crippen LogP contribution < -0.4 is 10.5 Å². The highest BCUT2D eigenvalue weighted by Gasteiger charge is 2.33. The molecule has 0 spiro atoms. The predicted molar refractivity (Wildman–Crippen MR) is 72.5 cm³/mol. The number of aromatic nitrogens is 2. The summed E-state index contributed by atoms with van der Waals surface area (Å²) in [6.07, 6.45) is 0.426. The molecule has 0 radical (unpaired) electrons.